The van der Waals surface area contributed by atoms with Crippen molar-refractivity contribution in [2.45, 2.75) is 19.4 Å². The molecule has 0 bridgehead atoms. The number of nitrogens with two attached hydrogens (primary N) is 2. The smallest absolute Gasteiger partial charge is 0.220 e. The number of likely N-dealkylation sites (tertiary alicyclic amines) is 1. The number of piperidine rings is 1. The highest BCUT2D eigenvalue weighted by Gasteiger charge is 2.23. The molecule has 0 saturated carbocycles. The maximum absolute atomic E-state index is 11.0. The molecule has 0 atom stereocenters. The van der Waals surface area contributed by atoms with Crippen LogP contribution in [-0.2, 0) is 11.3 Å². The minimum Gasteiger partial charge on any atom is -0.399 e. The van der Waals surface area contributed by atoms with Gasteiger partial charge in [0.05, 0.1) is 5.69 Å². The third-order valence-corrected chi connectivity index (χ3v) is 3.22. The van der Waals surface area contributed by atoms with Gasteiger partial charge in [-0.1, -0.05) is 0 Å². The van der Waals surface area contributed by atoms with Crippen LogP contribution in [0.3, 0.4) is 0 Å². The molecule has 0 unspecified atom stereocenters. The Bertz CT molecular complexity index is 399. The Hall–Kier alpha value is -1.62. The van der Waals surface area contributed by atoms with Gasteiger partial charge in [-0.25, -0.2) is 0 Å². The van der Waals surface area contributed by atoms with Crippen LogP contribution >= 0.6 is 0 Å². The summed E-state index contributed by atoms with van der Waals surface area (Å²) in [6.45, 7) is 2.57. The first-order valence-corrected chi connectivity index (χ1v) is 5.87. The van der Waals surface area contributed by atoms with E-state index in [9.17, 15) is 4.79 Å². The zero-order valence-corrected chi connectivity index (χ0v) is 9.80. The van der Waals surface area contributed by atoms with Gasteiger partial charge in [-0.05, 0) is 38.1 Å². The minimum absolute atomic E-state index is 0.0417. The lowest BCUT2D eigenvalue weighted by molar-refractivity contribution is -0.123. The number of hydrogen-bond acceptors (Lipinski definition) is 4. The van der Waals surface area contributed by atoms with E-state index in [0.717, 1.165) is 43.9 Å². The number of hydrogen-bond donors (Lipinski definition) is 2. The van der Waals surface area contributed by atoms with E-state index >= 15 is 0 Å². The van der Waals surface area contributed by atoms with Crippen molar-refractivity contribution in [1.29, 1.82) is 0 Å². The first-order chi connectivity index (χ1) is 8.15. The van der Waals surface area contributed by atoms with Crippen molar-refractivity contribution in [3.63, 3.8) is 0 Å². The van der Waals surface area contributed by atoms with E-state index in [1.807, 2.05) is 6.07 Å². The highest BCUT2D eigenvalue weighted by molar-refractivity contribution is 5.76. The van der Waals surface area contributed by atoms with E-state index in [1.165, 1.54) is 0 Å². The standard InChI is InChI=1S/C12H18N4O/c13-10-1-4-15-11(7-10)8-16-5-2-9(3-6-16)12(14)17/h1,4,7,9H,2-3,5-6,8H2,(H2,13,15)(H2,14,17). The summed E-state index contributed by atoms with van der Waals surface area (Å²) in [6, 6.07) is 3.67. The molecule has 1 aliphatic heterocycles. The molecule has 2 heterocycles. The van der Waals surface area contributed by atoms with Gasteiger partial charge in [0, 0.05) is 24.3 Å². The number of aromatic nitrogens is 1. The molecule has 1 fully saturated rings. The molecule has 1 aromatic heterocycles. The number of nitrogen functional groups attached to an aromatic ring is 1. The van der Waals surface area contributed by atoms with Crippen LogP contribution in [0, 0.1) is 5.92 Å². The second-order valence-electron chi connectivity index (χ2n) is 4.53. The number of carbonyl (C=O) groups is 1. The Balaban J connectivity index is 1.88. The second-order valence-corrected chi connectivity index (χ2v) is 4.53. The molecule has 5 nitrogen and oxygen atoms in total. The number of pyridine rings is 1. The highest BCUT2D eigenvalue weighted by Crippen LogP contribution is 2.18. The van der Waals surface area contributed by atoms with Gasteiger partial charge in [0.2, 0.25) is 5.91 Å². The summed E-state index contributed by atoms with van der Waals surface area (Å²) in [4.78, 5) is 17.6. The topological polar surface area (TPSA) is 85.2 Å². The van der Waals surface area contributed by atoms with Crippen molar-refractivity contribution in [1.82, 2.24) is 9.88 Å². The summed E-state index contributed by atoms with van der Waals surface area (Å²) in [5.74, 6) is -0.133. The molecule has 17 heavy (non-hydrogen) atoms. The Kier molecular flexibility index (Phi) is 3.58. The van der Waals surface area contributed by atoms with Crippen molar-refractivity contribution in [2.75, 3.05) is 18.8 Å². The SMILES string of the molecule is NC(=O)C1CCN(Cc2cc(N)ccn2)CC1. The van der Waals surface area contributed by atoms with Crippen LogP contribution < -0.4 is 11.5 Å². The van der Waals surface area contributed by atoms with Gasteiger partial charge in [-0.15, -0.1) is 0 Å². The first kappa shape index (κ1) is 11.9. The Morgan fingerprint density at radius 3 is 2.76 bits per heavy atom. The summed E-state index contributed by atoms with van der Waals surface area (Å²) in [5, 5.41) is 0. The third kappa shape index (κ3) is 3.17. The minimum atomic E-state index is -0.174. The van der Waals surface area contributed by atoms with E-state index in [1.54, 1.807) is 12.3 Å². The molecule has 1 amide bonds. The van der Waals surface area contributed by atoms with Gasteiger partial charge < -0.3 is 11.5 Å². The Labute approximate surface area is 101 Å². The molecule has 92 valence electrons. The summed E-state index contributed by atoms with van der Waals surface area (Å²) < 4.78 is 0. The molecule has 2 rings (SSSR count). The van der Waals surface area contributed by atoms with E-state index in [-0.39, 0.29) is 11.8 Å². The predicted molar refractivity (Wildman–Crippen MR) is 65.8 cm³/mol. The fourth-order valence-electron chi connectivity index (χ4n) is 2.19. The number of nitrogens with zero attached hydrogens (tertiary/aromatic N) is 2. The van der Waals surface area contributed by atoms with Gasteiger partial charge in [0.1, 0.15) is 0 Å². The molecule has 4 N–H and O–H groups in total. The lowest BCUT2D eigenvalue weighted by Crippen LogP contribution is -2.38. The van der Waals surface area contributed by atoms with Crippen LogP contribution in [0.25, 0.3) is 0 Å². The van der Waals surface area contributed by atoms with Gasteiger partial charge in [0.15, 0.2) is 0 Å². The number of rotatable bonds is 3. The molecule has 1 aromatic rings. The Morgan fingerprint density at radius 2 is 2.18 bits per heavy atom. The second kappa shape index (κ2) is 5.14. The number of anilines is 1. The predicted octanol–water partition coefficient (Wildman–Crippen LogP) is 0.361. The Morgan fingerprint density at radius 1 is 1.47 bits per heavy atom. The van der Waals surface area contributed by atoms with Crippen LogP contribution in [0.4, 0.5) is 5.69 Å². The molecule has 5 heteroatoms. The average molecular weight is 234 g/mol. The van der Waals surface area contributed by atoms with Gasteiger partial charge in [-0.2, -0.15) is 0 Å². The molecule has 0 radical (unpaired) electrons. The largest absolute Gasteiger partial charge is 0.399 e. The monoisotopic (exact) mass is 234 g/mol. The number of amides is 1. The normalized spacial score (nSPS) is 18.1. The van der Waals surface area contributed by atoms with Crippen molar-refractivity contribution >= 4 is 11.6 Å². The first-order valence-electron chi connectivity index (χ1n) is 5.87. The molecular formula is C12H18N4O. The van der Waals surface area contributed by atoms with Gasteiger partial charge in [-0.3, -0.25) is 14.7 Å². The van der Waals surface area contributed by atoms with Crippen LogP contribution in [0.15, 0.2) is 18.3 Å². The van der Waals surface area contributed by atoms with Gasteiger partial charge >= 0.3 is 0 Å². The van der Waals surface area contributed by atoms with Crippen molar-refractivity contribution in [2.24, 2.45) is 11.7 Å². The fraction of sp³-hybridized carbons (Fsp3) is 0.500. The van der Waals surface area contributed by atoms with Crippen LogP contribution in [0.5, 0.6) is 0 Å². The van der Waals surface area contributed by atoms with E-state index in [2.05, 4.69) is 9.88 Å². The average Bonchev–Trinajstić information content (AvgIpc) is 2.29. The van der Waals surface area contributed by atoms with Crippen molar-refractivity contribution < 1.29 is 4.79 Å². The zero-order valence-electron chi connectivity index (χ0n) is 9.80. The molecule has 1 saturated heterocycles. The van der Waals surface area contributed by atoms with E-state index in [0.29, 0.717) is 0 Å². The van der Waals surface area contributed by atoms with Crippen molar-refractivity contribution in [3.05, 3.63) is 24.0 Å². The molecule has 0 aliphatic carbocycles. The van der Waals surface area contributed by atoms with Crippen LogP contribution in [-0.4, -0.2) is 28.9 Å². The molecule has 0 aromatic carbocycles. The van der Waals surface area contributed by atoms with E-state index in [4.69, 9.17) is 11.5 Å². The summed E-state index contributed by atoms with van der Waals surface area (Å²) in [5.41, 5.74) is 12.7. The van der Waals surface area contributed by atoms with Gasteiger partial charge in [0.25, 0.3) is 0 Å². The maximum Gasteiger partial charge on any atom is 0.220 e. The van der Waals surface area contributed by atoms with Crippen molar-refractivity contribution in [3.8, 4) is 0 Å². The number of primary amides is 1. The lowest BCUT2D eigenvalue weighted by Gasteiger charge is -2.30. The molecule has 0 spiro atoms. The summed E-state index contributed by atoms with van der Waals surface area (Å²) in [6.07, 6.45) is 3.41. The third-order valence-electron chi connectivity index (χ3n) is 3.22. The van der Waals surface area contributed by atoms with E-state index < -0.39 is 0 Å². The zero-order chi connectivity index (χ0) is 12.3. The van der Waals surface area contributed by atoms with Crippen LogP contribution in [0.1, 0.15) is 18.5 Å². The maximum atomic E-state index is 11.0. The summed E-state index contributed by atoms with van der Waals surface area (Å²) in [7, 11) is 0. The highest BCUT2D eigenvalue weighted by atomic mass is 16.1. The quantitative estimate of drug-likeness (QED) is 0.790. The fourth-order valence-corrected chi connectivity index (χ4v) is 2.19. The number of carbonyl (C=O) groups excluding carboxylic acids is 1. The molecule has 1 aliphatic rings. The van der Waals surface area contributed by atoms with Crippen LogP contribution in [0.2, 0.25) is 0 Å². The lowest BCUT2D eigenvalue weighted by atomic mass is 9.96. The summed E-state index contributed by atoms with van der Waals surface area (Å²) >= 11 is 0. The molecular weight excluding hydrogens is 216 g/mol.